The minimum atomic E-state index is -0.0125. The molecule has 2 aromatic carbocycles. The highest BCUT2D eigenvalue weighted by Crippen LogP contribution is 2.20. The SMILES string of the molecule is O=c1c(I)coc2cc(OCc3ccccc3)ccc12. The molecule has 0 spiro atoms. The average Bonchev–Trinajstić information content (AvgIpc) is 2.50. The van der Waals surface area contributed by atoms with Crippen LogP contribution in [0, 0.1) is 3.57 Å². The second-order valence-corrected chi connectivity index (χ2v) is 5.51. The summed E-state index contributed by atoms with van der Waals surface area (Å²) in [4.78, 5) is 11.9. The van der Waals surface area contributed by atoms with E-state index in [1.807, 2.05) is 52.9 Å². The van der Waals surface area contributed by atoms with Crippen LogP contribution in [0.15, 0.2) is 64.0 Å². The molecule has 3 aromatic rings. The van der Waals surface area contributed by atoms with E-state index in [1.165, 1.54) is 6.26 Å². The molecule has 0 unspecified atom stereocenters. The number of rotatable bonds is 3. The Hall–Kier alpha value is -1.82. The number of benzene rings is 2. The van der Waals surface area contributed by atoms with Gasteiger partial charge in [-0.1, -0.05) is 30.3 Å². The Morgan fingerprint density at radius 1 is 1.10 bits per heavy atom. The van der Waals surface area contributed by atoms with Crippen molar-refractivity contribution in [1.82, 2.24) is 0 Å². The first-order chi connectivity index (χ1) is 9.74. The third kappa shape index (κ3) is 2.70. The van der Waals surface area contributed by atoms with Gasteiger partial charge in [-0.15, -0.1) is 0 Å². The van der Waals surface area contributed by atoms with Gasteiger partial charge < -0.3 is 9.15 Å². The van der Waals surface area contributed by atoms with E-state index >= 15 is 0 Å². The molecular formula is C16H11IO3. The Morgan fingerprint density at radius 3 is 2.70 bits per heavy atom. The van der Waals surface area contributed by atoms with Crippen molar-refractivity contribution in [3.63, 3.8) is 0 Å². The number of fused-ring (bicyclic) bond motifs is 1. The zero-order valence-corrected chi connectivity index (χ0v) is 12.7. The lowest BCUT2D eigenvalue weighted by Gasteiger charge is -2.06. The zero-order valence-electron chi connectivity index (χ0n) is 10.5. The Balaban J connectivity index is 1.87. The van der Waals surface area contributed by atoms with Crippen LogP contribution in [0.2, 0.25) is 0 Å². The van der Waals surface area contributed by atoms with Gasteiger partial charge in [-0.2, -0.15) is 0 Å². The van der Waals surface area contributed by atoms with Crippen LogP contribution in [0.3, 0.4) is 0 Å². The van der Waals surface area contributed by atoms with Gasteiger partial charge >= 0.3 is 0 Å². The van der Waals surface area contributed by atoms with Crippen LogP contribution >= 0.6 is 22.6 Å². The Morgan fingerprint density at radius 2 is 1.90 bits per heavy atom. The van der Waals surface area contributed by atoms with Gasteiger partial charge in [0.15, 0.2) is 0 Å². The maximum Gasteiger partial charge on any atom is 0.205 e. The molecule has 0 amide bonds. The van der Waals surface area contributed by atoms with Crippen molar-refractivity contribution in [3.05, 3.63) is 74.2 Å². The summed E-state index contributed by atoms with van der Waals surface area (Å²) in [6, 6.07) is 15.2. The van der Waals surface area contributed by atoms with Crippen molar-refractivity contribution in [2.45, 2.75) is 6.61 Å². The highest BCUT2D eigenvalue weighted by molar-refractivity contribution is 14.1. The minimum Gasteiger partial charge on any atom is -0.489 e. The molecule has 1 aromatic heterocycles. The summed E-state index contributed by atoms with van der Waals surface area (Å²) in [5.41, 5.74) is 1.62. The quantitative estimate of drug-likeness (QED) is 0.648. The maximum atomic E-state index is 11.9. The highest BCUT2D eigenvalue weighted by atomic mass is 127. The number of ether oxygens (including phenoxy) is 1. The third-order valence-corrected chi connectivity index (χ3v) is 3.70. The molecule has 0 aliphatic heterocycles. The summed E-state index contributed by atoms with van der Waals surface area (Å²) < 4.78 is 11.7. The van der Waals surface area contributed by atoms with Gasteiger partial charge in [-0.25, -0.2) is 0 Å². The maximum absolute atomic E-state index is 11.9. The van der Waals surface area contributed by atoms with Gasteiger partial charge in [0.25, 0.3) is 0 Å². The fourth-order valence-electron chi connectivity index (χ4n) is 1.92. The Bertz CT molecular complexity index is 794. The molecule has 3 nitrogen and oxygen atoms in total. The lowest BCUT2D eigenvalue weighted by molar-refractivity contribution is 0.306. The van der Waals surface area contributed by atoms with Gasteiger partial charge in [-0.3, -0.25) is 4.79 Å². The molecule has 0 aliphatic carbocycles. The predicted molar refractivity (Wildman–Crippen MR) is 86.0 cm³/mol. The van der Waals surface area contributed by atoms with E-state index in [0.29, 0.717) is 26.9 Å². The first-order valence-corrected chi connectivity index (χ1v) is 7.20. The molecule has 0 aliphatic rings. The summed E-state index contributed by atoms with van der Waals surface area (Å²) >= 11 is 1.97. The standard InChI is InChI=1S/C16H11IO3/c17-14-10-20-15-8-12(6-7-13(15)16(14)18)19-9-11-4-2-1-3-5-11/h1-8,10H,9H2. The summed E-state index contributed by atoms with van der Waals surface area (Å²) in [5.74, 6) is 0.686. The summed E-state index contributed by atoms with van der Waals surface area (Å²) in [5, 5.41) is 0.573. The van der Waals surface area contributed by atoms with Crippen molar-refractivity contribution < 1.29 is 9.15 Å². The predicted octanol–water partition coefficient (Wildman–Crippen LogP) is 3.98. The average molecular weight is 378 g/mol. The van der Waals surface area contributed by atoms with Crippen molar-refractivity contribution in [1.29, 1.82) is 0 Å². The van der Waals surface area contributed by atoms with Crippen molar-refractivity contribution in [2.75, 3.05) is 0 Å². The summed E-state index contributed by atoms with van der Waals surface area (Å²) in [6.45, 7) is 0.487. The smallest absolute Gasteiger partial charge is 0.205 e. The van der Waals surface area contributed by atoms with Gasteiger partial charge in [-0.05, 0) is 40.3 Å². The molecule has 4 heteroatoms. The van der Waals surface area contributed by atoms with E-state index in [0.717, 1.165) is 5.56 Å². The molecule has 0 bridgehead atoms. The lowest BCUT2D eigenvalue weighted by Crippen LogP contribution is -2.04. The first-order valence-electron chi connectivity index (χ1n) is 6.12. The fraction of sp³-hybridized carbons (Fsp3) is 0.0625. The van der Waals surface area contributed by atoms with Crippen molar-refractivity contribution in [3.8, 4) is 5.75 Å². The molecule has 0 N–H and O–H groups in total. The molecule has 20 heavy (non-hydrogen) atoms. The number of hydrogen-bond acceptors (Lipinski definition) is 3. The third-order valence-electron chi connectivity index (χ3n) is 2.95. The van der Waals surface area contributed by atoms with Crippen LogP contribution in [0.5, 0.6) is 5.75 Å². The first kappa shape index (κ1) is 13.2. The second kappa shape index (κ2) is 5.66. The van der Waals surface area contributed by atoms with Crippen molar-refractivity contribution in [2.24, 2.45) is 0 Å². The van der Waals surface area contributed by atoms with Gasteiger partial charge in [0.2, 0.25) is 5.43 Å². The molecule has 3 rings (SSSR count). The summed E-state index contributed by atoms with van der Waals surface area (Å²) in [7, 11) is 0. The van der Waals surface area contributed by atoms with E-state index in [1.54, 1.807) is 18.2 Å². The highest BCUT2D eigenvalue weighted by Gasteiger charge is 2.06. The molecule has 0 fully saturated rings. The Labute approximate surface area is 129 Å². The number of halogens is 1. The molecule has 0 atom stereocenters. The van der Waals surface area contributed by atoms with Crippen LogP contribution in [0.4, 0.5) is 0 Å². The molecule has 1 heterocycles. The zero-order chi connectivity index (χ0) is 13.9. The number of hydrogen-bond donors (Lipinski definition) is 0. The minimum absolute atomic E-state index is 0.0125. The van der Waals surface area contributed by atoms with Crippen molar-refractivity contribution >= 4 is 33.6 Å². The lowest BCUT2D eigenvalue weighted by atomic mass is 10.2. The van der Waals surface area contributed by atoms with Crippen LogP contribution in [0.1, 0.15) is 5.56 Å². The molecular weight excluding hydrogens is 367 g/mol. The molecule has 0 saturated carbocycles. The summed E-state index contributed by atoms with van der Waals surface area (Å²) in [6.07, 6.45) is 1.46. The molecule has 100 valence electrons. The molecule has 0 saturated heterocycles. The second-order valence-electron chi connectivity index (χ2n) is 4.35. The van der Waals surface area contributed by atoms with E-state index in [4.69, 9.17) is 9.15 Å². The largest absolute Gasteiger partial charge is 0.489 e. The monoisotopic (exact) mass is 378 g/mol. The Kier molecular flexibility index (Phi) is 3.73. The van der Waals surface area contributed by atoms with E-state index in [-0.39, 0.29) is 5.43 Å². The van der Waals surface area contributed by atoms with Crippen LogP contribution < -0.4 is 10.2 Å². The van der Waals surface area contributed by atoms with Gasteiger partial charge in [0.05, 0.1) is 8.96 Å². The van der Waals surface area contributed by atoms with E-state index in [9.17, 15) is 4.79 Å². The van der Waals surface area contributed by atoms with E-state index < -0.39 is 0 Å². The topological polar surface area (TPSA) is 39.4 Å². The normalized spacial score (nSPS) is 10.7. The van der Waals surface area contributed by atoms with E-state index in [2.05, 4.69) is 0 Å². The van der Waals surface area contributed by atoms with Gasteiger partial charge in [0.1, 0.15) is 24.2 Å². The molecule has 0 radical (unpaired) electrons. The van der Waals surface area contributed by atoms with Gasteiger partial charge in [0, 0.05) is 6.07 Å². The van der Waals surface area contributed by atoms with Crippen LogP contribution in [-0.2, 0) is 6.61 Å². The van der Waals surface area contributed by atoms with Crippen LogP contribution in [-0.4, -0.2) is 0 Å². The fourth-order valence-corrected chi connectivity index (χ4v) is 2.33. The van der Waals surface area contributed by atoms with Crippen LogP contribution in [0.25, 0.3) is 11.0 Å².